The van der Waals surface area contributed by atoms with E-state index < -0.39 is 23.8 Å². The van der Waals surface area contributed by atoms with E-state index in [-0.39, 0.29) is 37.1 Å². The van der Waals surface area contributed by atoms with E-state index >= 15 is 0 Å². The number of benzene rings is 1. The lowest BCUT2D eigenvalue weighted by Crippen LogP contribution is -2.44. The molecule has 0 unspecified atom stereocenters. The minimum absolute atomic E-state index is 0.0332. The number of pyridine rings is 1. The maximum atomic E-state index is 13.2. The fourth-order valence-corrected chi connectivity index (χ4v) is 3.59. The topological polar surface area (TPSA) is 133 Å². The van der Waals surface area contributed by atoms with Gasteiger partial charge in [-0.3, -0.25) is 29.0 Å². The second-order valence-electron chi connectivity index (χ2n) is 7.77. The summed E-state index contributed by atoms with van der Waals surface area (Å²) in [5.41, 5.74) is 5.17. The standard InChI is InChI=1S/C22H26ClN5O5/c1-13(2)11-28-20(24)19(21(30)26-22(28)31)27(9-10-32-3)17(29)12-33-16-7-6-15(23)14-5-4-8-25-18(14)16/h4-8,13H,9-12,24H2,1-3H3,(H,26,30,31). The van der Waals surface area contributed by atoms with Crippen molar-refractivity contribution in [1.82, 2.24) is 14.5 Å². The molecule has 176 valence electrons. The minimum Gasteiger partial charge on any atom is -0.481 e. The first kappa shape index (κ1) is 24.3. The molecule has 33 heavy (non-hydrogen) atoms. The number of amides is 1. The van der Waals surface area contributed by atoms with Gasteiger partial charge in [-0.2, -0.15) is 0 Å². The van der Waals surface area contributed by atoms with Crippen molar-refractivity contribution in [3.63, 3.8) is 0 Å². The van der Waals surface area contributed by atoms with Crippen molar-refractivity contribution < 1.29 is 14.3 Å². The number of hydrogen-bond acceptors (Lipinski definition) is 7. The van der Waals surface area contributed by atoms with Crippen LogP contribution in [0.3, 0.4) is 0 Å². The molecular weight excluding hydrogens is 450 g/mol. The summed E-state index contributed by atoms with van der Waals surface area (Å²) in [6, 6.07) is 6.81. The molecule has 0 fully saturated rings. The number of H-pyrrole nitrogens is 1. The quantitative estimate of drug-likeness (QED) is 0.483. The zero-order chi connectivity index (χ0) is 24.1. The highest BCUT2D eigenvalue weighted by Crippen LogP contribution is 2.29. The summed E-state index contributed by atoms with van der Waals surface area (Å²) in [6.07, 6.45) is 1.59. The number of rotatable bonds is 9. The molecule has 1 aromatic carbocycles. The van der Waals surface area contributed by atoms with Crippen LogP contribution in [0, 0.1) is 5.92 Å². The number of hydrogen-bond donors (Lipinski definition) is 2. The lowest BCUT2D eigenvalue weighted by molar-refractivity contribution is -0.120. The Morgan fingerprint density at radius 3 is 2.76 bits per heavy atom. The maximum absolute atomic E-state index is 13.2. The number of anilines is 2. The first-order valence-corrected chi connectivity index (χ1v) is 10.7. The van der Waals surface area contributed by atoms with Crippen LogP contribution in [-0.4, -0.2) is 47.3 Å². The van der Waals surface area contributed by atoms with Crippen molar-refractivity contribution in [1.29, 1.82) is 0 Å². The maximum Gasteiger partial charge on any atom is 0.330 e. The molecule has 0 radical (unpaired) electrons. The van der Waals surface area contributed by atoms with Gasteiger partial charge in [0.15, 0.2) is 12.3 Å². The van der Waals surface area contributed by atoms with Gasteiger partial charge < -0.3 is 15.2 Å². The lowest BCUT2D eigenvalue weighted by Gasteiger charge is -2.24. The first-order valence-electron chi connectivity index (χ1n) is 10.3. The van der Waals surface area contributed by atoms with Crippen LogP contribution in [0.5, 0.6) is 5.75 Å². The summed E-state index contributed by atoms with van der Waals surface area (Å²) in [6.45, 7) is 3.86. The van der Waals surface area contributed by atoms with Crippen molar-refractivity contribution in [3.05, 3.63) is 56.3 Å². The van der Waals surface area contributed by atoms with Gasteiger partial charge in [-0.05, 0) is 30.2 Å². The SMILES string of the molecule is COCCN(C(=O)COc1ccc(Cl)c2cccnc12)c1c(N)n(CC(C)C)c(=O)[nH]c1=O. The Balaban J connectivity index is 1.95. The van der Waals surface area contributed by atoms with Gasteiger partial charge in [0, 0.05) is 31.8 Å². The number of carbonyl (C=O) groups is 1. The number of nitrogens with one attached hydrogen (secondary N) is 1. The largest absolute Gasteiger partial charge is 0.481 e. The van der Waals surface area contributed by atoms with Crippen LogP contribution in [0.1, 0.15) is 13.8 Å². The van der Waals surface area contributed by atoms with E-state index in [1.54, 1.807) is 30.5 Å². The highest BCUT2D eigenvalue weighted by atomic mass is 35.5. The van der Waals surface area contributed by atoms with Crippen LogP contribution in [0.25, 0.3) is 10.9 Å². The monoisotopic (exact) mass is 475 g/mol. The van der Waals surface area contributed by atoms with E-state index in [1.807, 2.05) is 13.8 Å². The Morgan fingerprint density at radius 2 is 2.06 bits per heavy atom. The van der Waals surface area contributed by atoms with Gasteiger partial charge >= 0.3 is 5.69 Å². The Kier molecular flexibility index (Phi) is 7.72. The normalized spacial score (nSPS) is 11.2. The molecule has 3 aromatic rings. The van der Waals surface area contributed by atoms with E-state index in [0.29, 0.717) is 21.7 Å². The third-order valence-electron chi connectivity index (χ3n) is 4.88. The number of aromatic nitrogens is 3. The Bertz CT molecular complexity index is 1270. The molecule has 0 aliphatic carbocycles. The number of ether oxygens (including phenoxy) is 2. The molecule has 0 saturated carbocycles. The molecule has 3 N–H and O–H groups in total. The molecule has 0 aliphatic heterocycles. The van der Waals surface area contributed by atoms with Crippen molar-refractivity contribution >= 4 is 39.9 Å². The van der Waals surface area contributed by atoms with E-state index in [4.69, 9.17) is 26.8 Å². The summed E-state index contributed by atoms with van der Waals surface area (Å²) in [5.74, 6) is -0.193. The molecule has 0 aliphatic rings. The number of carbonyl (C=O) groups excluding carboxylic acids is 1. The molecule has 0 atom stereocenters. The van der Waals surface area contributed by atoms with Gasteiger partial charge in [-0.25, -0.2) is 4.79 Å². The van der Waals surface area contributed by atoms with Gasteiger partial charge in [0.25, 0.3) is 11.5 Å². The summed E-state index contributed by atoms with van der Waals surface area (Å²) in [7, 11) is 1.47. The van der Waals surface area contributed by atoms with Crippen LogP contribution in [0.4, 0.5) is 11.5 Å². The molecule has 0 spiro atoms. The van der Waals surface area contributed by atoms with Gasteiger partial charge in [0.1, 0.15) is 17.1 Å². The van der Waals surface area contributed by atoms with Gasteiger partial charge in [-0.15, -0.1) is 0 Å². The van der Waals surface area contributed by atoms with E-state index in [0.717, 1.165) is 0 Å². The van der Waals surface area contributed by atoms with Crippen LogP contribution in [0.2, 0.25) is 5.02 Å². The number of methoxy groups -OCH3 is 1. The number of nitrogens with two attached hydrogens (primary N) is 1. The summed E-state index contributed by atoms with van der Waals surface area (Å²) in [4.78, 5) is 45.8. The van der Waals surface area contributed by atoms with E-state index in [2.05, 4.69) is 9.97 Å². The number of aromatic amines is 1. The van der Waals surface area contributed by atoms with E-state index in [1.165, 1.54) is 16.6 Å². The summed E-state index contributed by atoms with van der Waals surface area (Å²) >= 11 is 6.21. The lowest BCUT2D eigenvalue weighted by atomic mass is 10.2. The van der Waals surface area contributed by atoms with Crippen molar-refractivity contribution in [3.8, 4) is 5.75 Å². The zero-order valence-electron chi connectivity index (χ0n) is 18.6. The second-order valence-corrected chi connectivity index (χ2v) is 8.18. The van der Waals surface area contributed by atoms with Crippen molar-refractivity contribution in [2.24, 2.45) is 5.92 Å². The van der Waals surface area contributed by atoms with Gasteiger partial charge in [0.2, 0.25) is 0 Å². The van der Waals surface area contributed by atoms with Gasteiger partial charge in [0.05, 0.1) is 11.6 Å². The van der Waals surface area contributed by atoms with E-state index in [9.17, 15) is 14.4 Å². The van der Waals surface area contributed by atoms with Crippen LogP contribution >= 0.6 is 11.6 Å². The van der Waals surface area contributed by atoms with Crippen LogP contribution in [0.15, 0.2) is 40.1 Å². The first-order chi connectivity index (χ1) is 15.7. The predicted molar refractivity (Wildman–Crippen MR) is 127 cm³/mol. The average molecular weight is 476 g/mol. The Hall–Kier alpha value is -3.37. The molecule has 3 rings (SSSR count). The highest BCUT2D eigenvalue weighted by molar-refractivity contribution is 6.35. The predicted octanol–water partition coefficient (Wildman–Crippen LogP) is 2.03. The molecule has 10 nitrogen and oxygen atoms in total. The molecule has 1 amide bonds. The molecule has 11 heteroatoms. The number of halogens is 1. The van der Waals surface area contributed by atoms with Crippen molar-refractivity contribution in [2.45, 2.75) is 20.4 Å². The number of nitrogens with zero attached hydrogens (tertiary/aromatic N) is 3. The molecule has 2 aromatic heterocycles. The third kappa shape index (κ3) is 5.35. The fourth-order valence-electron chi connectivity index (χ4n) is 3.37. The Labute approximate surface area is 194 Å². The summed E-state index contributed by atoms with van der Waals surface area (Å²) in [5, 5.41) is 1.19. The van der Waals surface area contributed by atoms with Crippen LogP contribution in [-0.2, 0) is 16.1 Å². The molecule has 0 saturated heterocycles. The van der Waals surface area contributed by atoms with Crippen LogP contribution < -0.4 is 26.6 Å². The van der Waals surface area contributed by atoms with Crippen molar-refractivity contribution in [2.75, 3.05) is 37.5 Å². The number of fused-ring (bicyclic) bond motifs is 1. The number of nitrogen functional groups attached to an aromatic ring is 1. The fraction of sp³-hybridized carbons (Fsp3) is 0.364. The highest BCUT2D eigenvalue weighted by Gasteiger charge is 2.25. The summed E-state index contributed by atoms with van der Waals surface area (Å²) < 4.78 is 12.1. The van der Waals surface area contributed by atoms with Gasteiger partial charge in [-0.1, -0.05) is 25.4 Å². The zero-order valence-corrected chi connectivity index (χ0v) is 19.4. The Morgan fingerprint density at radius 1 is 1.30 bits per heavy atom. The molecule has 2 heterocycles. The smallest absolute Gasteiger partial charge is 0.330 e. The molecule has 0 bridgehead atoms. The average Bonchev–Trinajstić information content (AvgIpc) is 2.78. The molecular formula is C22H26ClN5O5. The third-order valence-corrected chi connectivity index (χ3v) is 5.21. The minimum atomic E-state index is -0.763. The second kappa shape index (κ2) is 10.5.